The molecule has 2 aromatic carbocycles. The lowest BCUT2D eigenvalue weighted by Gasteiger charge is -2.27. The van der Waals surface area contributed by atoms with Crippen LogP contribution in [0.15, 0.2) is 58.5 Å². The SMILES string of the molecule is N[C@@]1(C(=O)OCc2ccc(C(F)(F)F)cc2)C[C@H](SC2=NCC=N2)[C@H]2[C@H](C(=O)OCc3ccc(C(F)(F)F)cc3)[C@H]21. The molecular weight excluding hydrogens is 576 g/mol. The molecule has 5 atom stereocenters. The molecular formula is C27H23F6N3O4S. The van der Waals surface area contributed by atoms with Crippen LogP contribution in [-0.4, -0.2) is 40.7 Å². The highest BCUT2D eigenvalue weighted by atomic mass is 32.2. The zero-order valence-corrected chi connectivity index (χ0v) is 21.9. The summed E-state index contributed by atoms with van der Waals surface area (Å²) < 4.78 is 87.7. The highest BCUT2D eigenvalue weighted by molar-refractivity contribution is 8.14. The van der Waals surface area contributed by atoms with E-state index in [9.17, 15) is 35.9 Å². The van der Waals surface area contributed by atoms with E-state index in [-0.39, 0.29) is 30.8 Å². The van der Waals surface area contributed by atoms with Gasteiger partial charge in [0.1, 0.15) is 18.8 Å². The fraction of sp³-hybridized carbons (Fsp3) is 0.407. The summed E-state index contributed by atoms with van der Waals surface area (Å²) in [5.41, 5.74) is 4.00. The number of benzene rings is 2. The number of halogens is 6. The Bertz CT molecular complexity index is 1380. The quantitative estimate of drug-likeness (QED) is 0.355. The first-order valence-corrected chi connectivity index (χ1v) is 13.3. The number of hydrogen-bond acceptors (Lipinski definition) is 8. The van der Waals surface area contributed by atoms with E-state index >= 15 is 0 Å². The molecule has 5 rings (SSSR count). The fourth-order valence-corrected chi connectivity index (χ4v) is 6.71. The zero-order valence-electron chi connectivity index (χ0n) is 21.1. The summed E-state index contributed by atoms with van der Waals surface area (Å²) in [5.74, 6) is -3.20. The van der Waals surface area contributed by atoms with Gasteiger partial charge in [-0.2, -0.15) is 26.3 Å². The monoisotopic (exact) mass is 599 g/mol. The van der Waals surface area contributed by atoms with Crippen molar-refractivity contribution in [1.82, 2.24) is 0 Å². The minimum atomic E-state index is -4.50. The molecule has 1 heterocycles. The van der Waals surface area contributed by atoms with Gasteiger partial charge in [0, 0.05) is 17.4 Å². The first-order chi connectivity index (χ1) is 19.3. The van der Waals surface area contributed by atoms with Crippen molar-refractivity contribution in [1.29, 1.82) is 0 Å². The largest absolute Gasteiger partial charge is 0.461 e. The maximum Gasteiger partial charge on any atom is 0.416 e. The van der Waals surface area contributed by atoms with Crippen LogP contribution in [0.2, 0.25) is 0 Å². The first-order valence-electron chi connectivity index (χ1n) is 12.5. The van der Waals surface area contributed by atoms with Crippen LogP contribution in [0.3, 0.4) is 0 Å². The molecule has 7 nitrogen and oxygen atoms in total. The first kappa shape index (κ1) is 29.1. The molecule has 0 aromatic heterocycles. The smallest absolute Gasteiger partial charge is 0.416 e. The van der Waals surface area contributed by atoms with Crippen molar-refractivity contribution in [2.75, 3.05) is 6.54 Å². The number of fused-ring (bicyclic) bond motifs is 1. The Morgan fingerprint density at radius 1 is 0.902 bits per heavy atom. The summed E-state index contributed by atoms with van der Waals surface area (Å²) in [6, 6.07) is 8.37. The molecule has 1 aliphatic heterocycles. The summed E-state index contributed by atoms with van der Waals surface area (Å²) >= 11 is 1.29. The average molecular weight is 600 g/mol. The Balaban J connectivity index is 1.25. The van der Waals surface area contributed by atoms with E-state index in [1.807, 2.05) is 0 Å². The number of aliphatic imine (C=N–C) groups is 2. The van der Waals surface area contributed by atoms with Crippen molar-refractivity contribution in [3.05, 3.63) is 70.8 Å². The minimum Gasteiger partial charge on any atom is -0.461 e. The second-order valence-corrected chi connectivity index (χ2v) is 11.2. The van der Waals surface area contributed by atoms with Crippen LogP contribution in [0.4, 0.5) is 26.3 Å². The number of amidine groups is 1. The summed E-state index contributed by atoms with van der Waals surface area (Å²) in [7, 11) is 0. The lowest BCUT2D eigenvalue weighted by atomic mass is 9.91. The van der Waals surface area contributed by atoms with E-state index in [0.29, 0.717) is 22.8 Å². The number of carbonyl (C=O) groups is 2. The van der Waals surface area contributed by atoms with Crippen molar-refractivity contribution in [2.24, 2.45) is 33.5 Å². The number of thioether (sulfide) groups is 1. The standard InChI is InChI=1S/C27H23F6N3O4S/c28-26(29,30)16-5-1-14(2-6-16)12-39-22(37)20-19-18(41-24-35-9-10-36-24)11-25(34,21(19)20)23(38)40-13-15-3-7-17(8-4-15)27(31,32)33/h1-9,18-21H,10-13,34H2/t18-,19-,20-,21-,25-/m0/s1. The second-order valence-electron chi connectivity index (χ2n) is 10.0. The van der Waals surface area contributed by atoms with Crippen LogP contribution >= 0.6 is 11.8 Å². The molecule has 14 heteroatoms. The molecule has 218 valence electrons. The molecule has 0 unspecified atom stereocenters. The van der Waals surface area contributed by atoms with E-state index in [4.69, 9.17) is 15.2 Å². The maximum absolute atomic E-state index is 13.2. The Kier molecular flexibility index (Phi) is 7.66. The molecule has 3 aliphatic rings. The van der Waals surface area contributed by atoms with Gasteiger partial charge in [-0.3, -0.25) is 14.6 Å². The predicted octanol–water partition coefficient (Wildman–Crippen LogP) is 5.02. The highest BCUT2D eigenvalue weighted by Crippen LogP contribution is 2.65. The third-order valence-corrected chi connectivity index (χ3v) is 8.60. The van der Waals surface area contributed by atoms with E-state index in [1.54, 1.807) is 6.21 Å². The van der Waals surface area contributed by atoms with Crippen LogP contribution in [0, 0.1) is 17.8 Å². The third-order valence-electron chi connectivity index (χ3n) is 7.37. The van der Waals surface area contributed by atoms with Gasteiger partial charge in [0.15, 0.2) is 5.17 Å². The number of hydrogen-bond donors (Lipinski definition) is 1. The molecule has 2 N–H and O–H groups in total. The summed E-state index contributed by atoms with van der Waals surface area (Å²) in [4.78, 5) is 34.6. The topological polar surface area (TPSA) is 103 Å². The van der Waals surface area contributed by atoms with Gasteiger partial charge in [-0.1, -0.05) is 36.0 Å². The molecule has 0 spiro atoms. The maximum atomic E-state index is 13.2. The Hall–Kier alpha value is -3.39. The lowest BCUT2D eigenvalue weighted by Crippen LogP contribution is -2.51. The van der Waals surface area contributed by atoms with Gasteiger partial charge in [0.25, 0.3) is 0 Å². The minimum absolute atomic E-state index is 0.149. The fourth-order valence-electron chi connectivity index (χ4n) is 5.30. The van der Waals surface area contributed by atoms with Gasteiger partial charge in [-0.15, -0.1) is 0 Å². The lowest BCUT2D eigenvalue weighted by molar-refractivity contribution is -0.154. The number of carbonyl (C=O) groups excluding carboxylic acids is 2. The number of esters is 2. The van der Waals surface area contributed by atoms with Gasteiger partial charge in [-0.25, -0.2) is 4.99 Å². The van der Waals surface area contributed by atoms with E-state index in [0.717, 1.165) is 24.3 Å². The number of ether oxygens (including phenoxy) is 2. The Morgan fingerprint density at radius 2 is 1.44 bits per heavy atom. The summed E-state index contributed by atoms with van der Waals surface area (Å²) in [6.07, 6.45) is -7.23. The van der Waals surface area contributed by atoms with Crippen molar-refractivity contribution >= 4 is 35.1 Å². The van der Waals surface area contributed by atoms with Gasteiger partial charge >= 0.3 is 24.3 Å². The van der Waals surface area contributed by atoms with Crippen LogP contribution in [-0.2, 0) is 44.6 Å². The molecule has 2 aliphatic carbocycles. The van der Waals surface area contributed by atoms with Gasteiger partial charge < -0.3 is 15.2 Å². The number of alkyl halides is 6. The van der Waals surface area contributed by atoms with Gasteiger partial charge in [-0.05, 0) is 47.7 Å². The van der Waals surface area contributed by atoms with Crippen molar-refractivity contribution in [3.8, 4) is 0 Å². The molecule has 0 bridgehead atoms. The molecule has 0 saturated heterocycles. The summed E-state index contributed by atoms with van der Waals surface area (Å²) in [6.45, 7) is -0.173. The van der Waals surface area contributed by atoms with Crippen LogP contribution in [0.25, 0.3) is 0 Å². The van der Waals surface area contributed by atoms with Crippen molar-refractivity contribution in [3.63, 3.8) is 0 Å². The molecule has 2 aromatic rings. The molecule has 0 radical (unpaired) electrons. The van der Waals surface area contributed by atoms with Gasteiger partial charge in [0.05, 0.1) is 23.6 Å². The van der Waals surface area contributed by atoms with Crippen LogP contribution in [0.1, 0.15) is 28.7 Å². The number of nitrogens with zero attached hydrogens (tertiary/aromatic N) is 2. The highest BCUT2D eigenvalue weighted by Gasteiger charge is 2.74. The average Bonchev–Trinajstić information content (AvgIpc) is 3.34. The van der Waals surface area contributed by atoms with E-state index < -0.39 is 52.8 Å². The van der Waals surface area contributed by atoms with E-state index in [2.05, 4.69) is 9.98 Å². The Labute approximate surface area is 234 Å². The molecule has 0 amide bonds. The number of rotatable bonds is 7. The molecule has 2 saturated carbocycles. The van der Waals surface area contributed by atoms with E-state index in [1.165, 1.54) is 36.0 Å². The predicted molar refractivity (Wildman–Crippen MR) is 137 cm³/mol. The normalized spacial score (nSPS) is 26.9. The van der Waals surface area contributed by atoms with Gasteiger partial charge in [0.2, 0.25) is 0 Å². The summed E-state index contributed by atoms with van der Waals surface area (Å²) in [5, 5.41) is 0.168. The second kappa shape index (κ2) is 10.8. The van der Waals surface area contributed by atoms with Crippen molar-refractivity contribution < 1.29 is 45.4 Å². The van der Waals surface area contributed by atoms with Crippen molar-refractivity contribution in [2.45, 2.75) is 42.8 Å². The molecule has 41 heavy (non-hydrogen) atoms. The van der Waals surface area contributed by atoms with Crippen LogP contribution < -0.4 is 5.73 Å². The number of nitrogens with two attached hydrogens (primary N) is 1. The third kappa shape index (κ3) is 6.13. The Morgan fingerprint density at radius 3 is 1.93 bits per heavy atom. The van der Waals surface area contributed by atoms with Crippen LogP contribution in [0.5, 0.6) is 0 Å². The zero-order chi connectivity index (χ0) is 29.6. The molecule has 2 fully saturated rings.